The van der Waals surface area contributed by atoms with Gasteiger partial charge in [-0.15, -0.1) is 0 Å². The van der Waals surface area contributed by atoms with E-state index in [0.717, 1.165) is 8.96 Å². The third kappa shape index (κ3) is 1.61. The average Bonchev–Trinajstić information content (AvgIpc) is 2.59. The van der Waals surface area contributed by atoms with Gasteiger partial charge >= 0.3 is 5.97 Å². The molecule has 0 fully saturated rings. The van der Waals surface area contributed by atoms with Crippen LogP contribution in [0.15, 0.2) is 28.7 Å². The third-order valence-electron chi connectivity index (χ3n) is 1.87. The number of hydrogen-bond donors (Lipinski definition) is 0. The van der Waals surface area contributed by atoms with Crippen molar-refractivity contribution in [3.63, 3.8) is 0 Å². The number of esters is 1. The number of carbonyl (C=O) groups excluding carboxylic acids is 1. The minimum Gasteiger partial charge on any atom is -0.463 e. The van der Waals surface area contributed by atoms with E-state index in [-0.39, 0.29) is 5.76 Å². The number of ether oxygens (including phenoxy) is 1. The zero-order valence-corrected chi connectivity index (χ0v) is 9.57. The Morgan fingerprint density at radius 2 is 2.21 bits per heavy atom. The summed E-state index contributed by atoms with van der Waals surface area (Å²) >= 11 is 2.19. The molecule has 2 aromatic rings. The van der Waals surface area contributed by atoms with Crippen molar-refractivity contribution >= 4 is 39.5 Å². The van der Waals surface area contributed by atoms with Gasteiger partial charge in [-0.05, 0) is 40.8 Å². The Morgan fingerprint density at radius 1 is 1.43 bits per heavy atom. The molecule has 4 heteroatoms. The van der Waals surface area contributed by atoms with E-state index < -0.39 is 5.97 Å². The highest BCUT2D eigenvalue weighted by Gasteiger charge is 2.11. The second kappa shape index (κ2) is 3.61. The summed E-state index contributed by atoms with van der Waals surface area (Å²) < 4.78 is 11.0. The van der Waals surface area contributed by atoms with Gasteiger partial charge in [0.2, 0.25) is 5.76 Å². The van der Waals surface area contributed by atoms with Crippen LogP contribution in [0, 0.1) is 3.57 Å². The Labute approximate surface area is 94.2 Å². The highest BCUT2D eigenvalue weighted by atomic mass is 127. The summed E-state index contributed by atoms with van der Waals surface area (Å²) in [4.78, 5) is 11.2. The monoisotopic (exact) mass is 302 g/mol. The zero-order chi connectivity index (χ0) is 10.1. The molecule has 0 N–H and O–H groups in total. The van der Waals surface area contributed by atoms with Crippen LogP contribution in [0.4, 0.5) is 0 Å². The smallest absolute Gasteiger partial charge is 0.373 e. The van der Waals surface area contributed by atoms with Crippen LogP contribution < -0.4 is 0 Å². The van der Waals surface area contributed by atoms with E-state index in [0.29, 0.717) is 5.58 Å². The Balaban J connectivity index is 2.56. The highest BCUT2D eigenvalue weighted by molar-refractivity contribution is 14.1. The normalized spacial score (nSPS) is 10.4. The van der Waals surface area contributed by atoms with Gasteiger partial charge in [0.15, 0.2) is 0 Å². The minimum atomic E-state index is -0.448. The summed E-state index contributed by atoms with van der Waals surface area (Å²) in [5.41, 5.74) is 0.706. The van der Waals surface area contributed by atoms with Crippen molar-refractivity contribution in [2.45, 2.75) is 0 Å². The molecule has 2 rings (SSSR count). The molecule has 0 unspecified atom stereocenters. The van der Waals surface area contributed by atoms with Gasteiger partial charge < -0.3 is 9.15 Å². The fourth-order valence-electron chi connectivity index (χ4n) is 1.21. The molecule has 0 spiro atoms. The van der Waals surface area contributed by atoms with Gasteiger partial charge in [-0.1, -0.05) is 6.07 Å². The van der Waals surface area contributed by atoms with Crippen molar-refractivity contribution in [3.8, 4) is 0 Å². The molecule has 0 atom stereocenters. The maximum atomic E-state index is 11.2. The lowest BCUT2D eigenvalue weighted by Gasteiger charge is -1.91. The van der Waals surface area contributed by atoms with Crippen LogP contribution in [0.5, 0.6) is 0 Å². The van der Waals surface area contributed by atoms with Crippen LogP contribution in [-0.4, -0.2) is 13.1 Å². The van der Waals surface area contributed by atoms with E-state index in [2.05, 4.69) is 27.3 Å². The van der Waals surface area contributed by atoms with Crippen molar-refractivity contribution in [2.75, 3.05) is 7.11 Å². The van der Waals surface area contributed by atoms with Crippen LogP contribution in [0.25, 0.3) is 11.0 Å². The Morgan fingerprint density at radius 3 is 2.93 bits per heavy atom. The molecule has 72 valence electrons. The van der Waals surface area contributed by atoms with Crippen molar-refractivity contribution in [3.05, 3.63) is 33.6 Å². The van der Waals surface area contributed by atoms with Crippen LogP contribution in [0.2, 0.25) is 0 Å². The number of benzene rings is 1. The average molecular weight is 302 g/mol. The molecular weight excluding hydrogens is 295 g/mol. The third-order valence-corrected chi connectivity index (χ3v) is 2.54. The molecule has 0 aliphatic rings. The standard InChI is InChI=1S/C10H7IO3/c1-13-10(12)9-4-6-2-3-7(11)5-8(6)14-9/h2-5H,1H3. The Hall–Kier alpha value is -1.04. The summed E-state index contributed by atoms with van der Waals surface area (Å²) in [6.45, 7) is 0. The molecule has 0 radical (unpaired) electrons. The first kappa shape index (κ1) is 9.51. The van der Waals surface area contributed by atoms with Crippen LogP contribution in [-0.2, 0) is 4.74 Å². The molecule has 3 nitrogen and oxygen atoms in total. The van der Waals surface area contributed by atoms with Crippen molar-refractivity contribution in [1.82, 2.24) is 0 Å². The summed E-state index contributed by atoms with van der Waals surface area (Å²) in [7, 11) is 1.33. The van der Waals surface area contributed by atoms with E-state index in [4.69, 9.17) is 4.42 Å². The van der Waals surface area contributed by atoms with Crippen LogP contribution in [0.3, 0.4) is 0 Å². The molecule has 1 aromatic carbocycles. The van der Waals surface area contributed by atoms with E-state index in [9.17, 15) is 4.79 Å². The fraction of sp³-hybridized carbons (Fsp3) is 0.100. The summed E-state index contributed by atoms with van der Waals surface area (Å²) in [5.74, 6) is -0.208. The lowest BCUT2D eigenvalue weighted by Crippen LogP contribution is -1.97. The number of rotatable bonds is 1. The van der Waals surface area contributed by atoms with Gasteiger partial charge in [0.25, 0.3) is 0 Å². The van der Waals surface area contributed by atoms with Crippen LogP contribution >= 0.6 is 22.6 Å². The first-order valence-corrected chi connectivity index (χ1v) is 5.06. The lowest BCUT2D eigenvalue weighted by molar-refractivity contribution is 0.0567. The number of fused-ring (bicyclic) bond motifs is 1. The van der Waals surface area contributed by atoms with Gasteiger partial charge in [0.05, 0.1) is 7.11 Å². The predicted molar refractivity (Wildman–Crippen MR) is 60.3 cm³/mol. The molecule has 1 heterocycles. The van der Waals surface area contributed by atoms with Gasteiger partial charge in [-0.2, -0.15) is 0 Å². The lowest BCUT2D eigenvalue weighted by atomic mass is 10.2. The minimum absolute atomic E-state index is 0.240. The maximum absolute atomic E-state index is 11.2. The molecule has 0 bridgehead atoms. The molecule has 0 saturated heterocycles. The van der Waals surface area contributed by atoms with Gasteiger partial charge in [-0.3, -0.25) is 0 Å². The first-order chi connectivity index (χ1) is 6.70. The SMILES string of the molecule is COC(=O)c1cc2ccc(I)cc2o1. The molecule has 0 aliphatic carbocycles. The highest BCUT2D eigenvalue weighted by Crippen LogP contribution is 2.21. The van der Waals surface area contributed by atoms with Crippen LogP contribution in [0.1, 0.15) is 10.6 Å². The zero-order valence-electron chi connectivity index (χ0n) is 7.41. The summed E-state index contributed by atoms with van der Waals surface area (Å²) in [5, 5.41) is 0.908. The van der Waals surface area contributed by atoms with Crippen molar-refractivity contribution < 1.29 is 13.9 Å². The van der Waals surface area contributed by atoms with E-state index in [1.165, 1.54) is 7.11 Å². The second-order valence-corrected chi connectivity index (χ2v) is 4.03. The maximum Gasteiger partial charge on any atom is 0.373 e. The summed E-state index contributed by atoms with van der Waals surface area (Å²) in [6.07, 6.45) is 0. The molecule has 0 saturated carbocycles. The van der Waals surface area contributed by atoms with Gasteiger partial charge in [0, 0.05) is 8.96 Å². The number of halogens is 1. The van der Waals surface area contributed by atoms with Crippen molar-refractivity contribution in [1.29, 1.82) is 0 Å². The molecule has 0 aliphatic heterocycles. The molecular formula is C10H7IO3. The van der Waals surface area contributed by atoms with E-state index >= 15 is 0 Å². The first-order valence-electron chi connectivity index (χ1n) is 3.98. The topological polar surface area (TPSA) is 39.4 Å². The number of methoxy groups -OCH3 is 1. The van der Waals surface area contributed by atoms with Gasteiger partial charge in [0.1, 0.15) is 5.58 Å². The molecule has 0 amide bonds. The molecule has 14 heavy (non-hydrogen) atoms. The van der Waals surface area contributed by atoms with Gasteiger partial charge in [-0.25, -0.2) is 4.79 Å². The Bertz CT molecular complexity index is 487. The second-order valence-electron chi connectivity index (χ2n) is 2.78. The largest absolute Gasteiger partial charge is 0.463 e. The number of hydrogen-bond acceptors (Lipinski definition) is 3. The fourth-order valence-corrected chi connectivity index (χ4v) is 1.67. The number of furan rings is 1. The van der Waals surface area contributed by atoms with E-state index in [1.807, 2.05) is 18.2 Å². The van der Waals surface area contributed by atoms with E-state index in [1.54, 1.807) is 6.07 Å². The Kier molecular flexibility index (Phi) is 2.45. The van der Waals surface area contributed by atoms with Crippen molar-refractivity contribution in [2.24, 2.45) is 0 Å². The predicted octanol–water partition coefficient (Wildman–Crippen LogP) is 2.82. The number of carbonyl (C=O) groups is 1. The summed E-state index contributed by atoms with van der Waals surface area (Å²) in [6, 6.07) is 7.42. The molecule has 1 aromatic heterocycles. The quantitative estimate of drug-likeness (QED) is 0.600.